The Morgan fingerprint density at radius 2 is 2.00 bits per heavy atom. The Kier molecular flexibility index (Phi) is 3.59. The lowest BCUT2D eigenvalue weighted by molar-refractivity contribution is -0.384. The number of hydrogen-bond acceptors (Lipinski definition) is 3. The fourth-order valence-electron chi connectivity index (χ4n) is 2.06. The highest BCUT2D eigenvalue weighted by molar-refractivity contribution is 6.32. The fraction of sp³-hybridized carbons (Fsp3) is 0.364. The van der Waals surface area contributed by atoms with Crippen LogP contribution in [-0.4, -0.2) is 28.5 Å². The van der Waals surface area contributed by atoms with Crippen molar-refractivity contribution < 1.29 is 22.9 Å². The summed E-state index contributed by atoms with van der Waals surface area (Å²) in [6.45, 7) is -0.393. The van der Waals surface area contributed by atoms with E-state index < -0.39 is 17.0 Å². The van der Waals surface area contributed by atoms with Crippen LogP contribution in [0.4, 0.5) is 18.9 Å². The second-order valence-corrected chi connectivity index (χ2v) is 4.71. The molecule has 0 unspecified atom stereocenters. The van der Waals surface area contributed by atoms with Crippen LogP contribution in [0.2, 0.25) is 5.02 Å². The number of carbonyl (C=O) groups is 1. The minimum atomic E-state index is -4.93. The highest BCUT2D eigenvalue weighted by atomic mass is 35.5. The molecule has 0 atom stereocenters. The van der Waals surface area contributed by atoms with Crippen molar-refractivity contribution in [3.8, 4) is 0 Å². The number of halogens is 4. The second kappa shape index (κ2) is 4.93. The van der Waals surface area contributed by atoms with Crippen LogP contribution in [-0.2, 0) is 17.8 Å². The van der Waals surface area contributed by atoms with Gasteiger partial charge in [-0.05, 0) is 23.6 Å². The summed E-state index contributed by atoms with van der Waals surface area (Å²) in [5.74, 6) is -1.92. The normalized spacial score (nSPS) is 14.9. The molecule has 2 rings (SSSR count). The number of fused-ring (bicyclic) bond motifs is 1. The maximum absolute atomic E-state index is 12.4. The van der Waals surface area contributed by atoms with Crippen molar-refractivity contribution in [2.24, 2.45) is 0 Å². The van der Waals surface area contributed by atoms with Gasteiger partial charge in [-0.15, -0.1) is 0 Å². The molecule has 1 aliphatic heterocycles. The van der Waals surface area contributed by atoms with Crippen LogP contribution in [0.5, 0.6) is 0 Å². The first-order valence-electron chi connectivity index (χ1n) is 5.52. The summed E-state index contributed by atoms with van der Waals surface area (Å²) >= 11 is 5.71. The van der Waals surface area contributed by atoms with Gasteiger partial charge in [-0.3, -0.25) is 14.9 Å². The molecule has 20 heavy (non-hydrogen) atoms. The van der Waals surface area contributed by atoms with E-state index in [4.69, 9.17) is 11.6 Å². The summed E-state index contributed by atoms with van der Waals surface area (Å²) in [5.41, 5.74) is 0.637. The van der Waals surface area contributed by atoms with Crippen LogP contribution in [0.3, 0.4) is 0 Å². The average molecular weight is 309 g/mol. The van der Waals surface area contributed by atoms with E-state index >= 15 is 0 Å². The van der Waals surface area contributed by atoms with E-state index in [1.165, 1.54) is 12.1 Å². The topological polar surface area (TPSA) is 63.5 Å². The first-order chi connectivity index (χ1) is 9.20. The zero-order valence-corrected chi connectivity index (χ0v) is 10.7. The molecule has 0 aromatic heterocycles. The van der Waals surface area contributed by atoms with E-state index in [-0.39, 0.29) is 30.2 Å². The molecule has 1 aromatic carbocycles. The highest BCUT2D eigenvalue weighted by Gasteiger charge is 2.43. The monoisotopic (exact) mass is 308 g/mol. The Bertz CT molecular complexity index is 589. The molecule has 1 aromatic rings. The van der Waals surface area contributed by atoms with Gasteiger partial charge in [0.2, 0.25) is 0 Å². The predicted octanol–water partition coefficient (Wildman–Crippen LogP) is 2.70. The van der Waals surface area contributed by atoms with E-state index in [1.807, 2.05) is 0 Å². The molecule has 0 radical (unpaired) electrons. The molecule has 0 N–H and O–H groups in total. The fourth-order valence-corrected chi connectivity index (χ4v) is 2.31. The molecular weight excluding hydrogens is 301 g/mol. The highest BCUT2D eigenvalue weighted by Crippen LogP contribution is 2.32. The van der Waals surface area contributed by atoms with Crippen molar-refractivity contribution in [1.82, 2.24) is 4.90 Å². The lowest BCUT2D eigenvalue weighted by Crippen LogP contribution is -2.43. The van der Waals surface area contributed by atoms with Gasteiger partial charge in [0.25, 0.3) is 5.69 Å². The molecule has 0 bridgehead atoms. The van der Waals surface area contributed by atoms with Crippen molar-refractivity contribution in [1.29, 1.82) is 0 Å². The molecule has 0 fully saturated rings. The van der Waals surface area contributed by atoms with Gasteiger partial charge in [-0.2, -0.15) is 13.2 Å². The average Bonchev–Trinajstić information content (AvgIpc) is 2.34. The van der Waals surface area contributed by atoms with Crippen molar-refractivity contribution in [3.05, 3.63) is 38.4 Å². The van der Waals surface area contributed by atoms with Gasteiger partial charge in [-0.1, -0.05) is 11.6 Å². The molecule has 1 aliphatic rings. The van der Waals surface area contributed by atoms with E-state index in [1.54, 1.807) is 0 Å². The molecule has 1 heterocycles. The molecule has 0 saturated heterocycles. The number of nitro benzene ring substituents is 1. The molecule has 1 amide bonds. The Hall–Kier alpha value is -1.83. The minimum absolute atomic E-state index is 0.120. The number of rotatable bonds is 1. The van der Waals surface area contributed by atoms with Crippen molar-refractivity contribution in [2.45, 2.75) is 19.1 Å². The Morgan fingerprint density at radius 3 is 2.55 bits per heavy atom. The predicted molar refractivity (Wildman–Crippen MR) is 63.3 cm³/mol. The summed E-state index contributed by atoms with van der Waals surface area (Å²) in [5, 5.41) is 10.6. The lowest BCUT2D eigenvalue weighted by Gasteiger charge is -2.29. The van der Waals surface area contributed by atoms with Crippen LogP contribution >= 0.6 is 11.6 Å². The number of hydrogen-bond donors (Lipinski definition) is 0. The van der Waals surface area contributed by atoms with Gasteiger partial charge in [0.15, 0.2) is 0 Å². The number of nitro groups is 1. The van der Waals surface area contributed by atoms with E-state index in [2.05, 4.69) is 0 Å². The molecule has 0 spiro atoms. The zero-order valence-electron chi connectivity index (χ0n) is 9.91. The first kappa shape index (κ1) is 14.6. The van der Waals surface area contributed by atoms with Crippen molar-refractivity contribution >= 4 is 23.2 Å². The molecule has 9 heteroatoms. The molecule has 0 aliphatic carbocycles. The smallest absolute Gasteiger partial charge is 0.330 e. The van der Waals surface area contributed by atoms with Crippen LogP contribution in [0.1, 0.15) is 11.1 Å². The summed E-state index contributed by atoms with van der Waals surface area (Å²) in [6.07, 6.45) is -4.81. The standard InChI is InChI=1S/C11H8ClF3N2O3/c12-8-3-7-5-16(10(18)11(13,14)15)2-1-6(7)4-9(8)17(19)20/h3-4H,1-2,5H2. The van der Waals surface area contributed by atoms with Crippen LogP contribution in [0, 0.1) is 10.1 Å². The minimum Gasteiger partial charge on any atom is -0.330 e. The van der Waals surface area contributed by atoms with Crippen molar-refractivity contribution in [2.75, 3.05) is 6.54 Å². The molecule has 5 nitrogen and oxygen atoms in total. The quantitative estimate of drug-likeness (QED) is 0.592. The largest absolute Gasteiger partial charge is 0.471 e. The number of benzene rings is 1. The Labute approximate surface area is 116 Å². The maximum atomic E-state index is 12.4. The van der Waals surface area contributed by atoms with Crippen LogP contribution in [0.15, 0.2) is 12.1 Å². The SMILES string of the molecule is O=C(N1CCc2cc([N+](=O)[O-])c(Cl)cc2C1)C(F)(F)F. The van der Waals surface area contributed by atoms with Gasteiger partial charge < -0.3 is 4.90 Å². The van der Waals surface area contributed by atoms with Gasteiger partial charge in [0.1, 0.15) is 5.02 Å². The zero-order chi connectivity index (χ0) is 15.1. The number of amides is 1. The van der Waals surface area contributed by atoms with Crippen LogP contribution in [0.25, 0.3) is 0 Å². The third-order valence-corrected chi connectivity index (χ3v) is 3.31. The molecule has 0 saturated carbocycles. The third kappa shape index (κ3) is 2.69. The number of nitrogens with zero attached hydrogens (tertiary/aromatic N) is 2. The van der Waals surface area contributed by atoms with Gasteiger partial charge in [0, 0.05) is 19.2 Å². The van der Waals surface area contributed by atoms with Gasteiger partial charge in [-0.25, -0.2) is 0 Å². The molecule has 108 valence electrons. The lowest BCUT2D eigenvalue weighted by atomic mass is 9.99. The third-order valence-electron chi connectivity index (χ3n) is 3.01. The van der Waals surface area contributed by atoms with E-state index in [9.17, 15) is 28.1 Å². The number of carbonyl (C=O) groups excluding carboxylic acids is 1. The van der Waals surface area contributed by atoms with Gasteiger partial charge >= 0.3 is 12.1 Å². The van der Waals surface area contributed by atoms with E-state index in [0.29, 0.717) is 16.0 Å². The maximum Gasteiger partial charge on any atom is 0.471 e. The van der Waals surface area contributed by atoms with Gasteiger partial charge in [0.05, 0.1) is 4.92 Å². The number of alkyl halides is 3. The van der Waals surface area contributed by atoms with Crippen molar-refractivity contribution in [3.63, 3.8) is 0 Å². The molecular formula is C11H8ClF3N2O3. The summed E-state index contributed by atoms with van der Waals surface area (Å²) in [4.78, 5) is 21.9. The Morgan fingerprint density at radius 1 is 1.35 bits per heavy atom. The summed E-state index contributed by atoms with van der Waals surface area (Å²) < 4.78 is 37.1. The second-order valence-electron chi connectivity index (χ2n) is 4.30. The summed E-state index contributed by atoms with van der Waals surface area (Å²) in [7, 11) is 0. The summed E-state index contributed by atoms with van der Waals surface area (Å²) in [6, 6.07) is 2.48. The first-order valence-corrected chi connectivity index (χ1v) is 5.89. The Balaban J connectivity index is 2.30. The van der Waals surface area contributed by atoms with Crippen LogP contribution < -0.4 is 0 Å². The van der Waals surface area contributed by atoms with E-state index in [0.717, 1.165) is 0 Å².